The molecule has 1 aliphatic heterocycles. The summed E-state index contributed by atoms with van der Waals surface area (Å²) in [5, 5.41) is 3.44. The number of hydrogen-bond acceptors (Lipinski definition) is 2. The van der Waals surface area contributed by atoms with Gasteiger partial charge in [-0.05, 0) is 56.0 Å². The predicted molar refractivity (Wildman–Crippen MR) is 67.1 cm³/mol. The van der Waals surface area contributed by atoms with Crippen molar-refractivity contribution in [2.75, 3.05) is 13.2 Å². The monoisotopic (exact) mass is 219 g/mol. The molecule has 1 unspecified atom stereocenters. The molecule has 2 nitrogen and oxygen atoms in total. The summed E-state index contributed by atoms with van der Waals surface area (Å²) in [6.45, 7) is 6.28. The van der Waals surface area contributed by atoms with E-state index in [0.29, 0.717) is 6.04 Å². The van der Waals surface area contributed by atoms with Crippen LogP contribution >= 0.6 is 0 Å². The molecule has 1 aromatic carbocycles. The lowest BCUT2D eigenvalue weighted by Crippen LogP contribution is -2.28. The number of benzene rings is 1. The van der Waals surface area contributed by atoms with Crippen molar-refractivity contribution in [3.63, 3.8) is 0 Å². The van der Waals surface area contributed by atoms with E-state index in [2.05, 4.69) is 37.4 Å². The van der Waals surface area contributed by atoms with Gasteiger partial charge in [0, 0.05) is 6.04 Å². The molecule has 16 heavy (non-hydrogen) atoms. The van der Waals surface area contributed by atoms with Crippen LogP contribution in [0.15, 0.2) is 18.2 Å². The summed E-state index contributed by atoms with van der Waals surface area (Å²) in [6, 6.07) is 6.94. The summed E-state index contributed by atoms with van der Waals surface area (Å²) in [7, 11) is 0. The Morgan fingerprint density at radius 2 is 2.31 bits per heavy atom. The van der Waals surface area contributed by atoms with E-state index in [0.717, 1.165) is 25.3 Å². The lowest BCUT2D eigenvalue weighted by atomic mass is 10.1. The van der Waals surface area contributed by atoms with Crippen LogP contribution in [0.4, 0.5) is 0 Å². The van der Waals surface area contributed by atoms with Crippen molar-refractivity contribution >= 4 is 0 Å². The van der Waals surface area contributed by atoms with Crippen molar-refractivity contribution < 1.29 is 4.74 Å². The molecule has 2 heteroatoms. The molecule has 0 bridgehead atoms. The van der Waals surface area contributed by atoms with Crippen LogP contribution in [0.25, 0.3) is 0 Å². The number of hydrogen-bond donors (Lipinski definition) is 1. The topological polar surface area (TPSA) is 21.3 Å². The van der Waals surface area contributed by atoms with E-state index in [9.17, 15) is 0 Å². The van der Waals surface area contributed by atoms with Gasteiger partial charge in [0.25, 0.3) is 0 Å². The third kappa shape index (κ3) is 2.76. The second-order valence-electron chi connectivity index (χ2n) is 4.55. The molecule has 0 saturated carbocycles. The second kappa shape index (κ2) is 5.35. The lowest BCUT2D eigenvalue weighted by molar-refractivity contribution is 0.277. The maximum absolute atomic E-state index is 5.82. The van der Waals surface area contributed by atoms with Gasteiger partial charge in [-0.15, -0.1) is 0 Å². The first-order chi connectivity index (χ1) is 7.79. The standard InChI is InChI=1S/C14H21NO/c1-3-12-9-14(7-6-11(12)2)16-10-13-5-4-8-15-13/h6-7,9,13,15H,3-5,8,10H2,1-2H3. The number of aryl methyl sites for hydroxylation is 2. The number of nitrogens with one attached hydrogen (secondary N) is 1. The summed E-state index contributed by atoms with van der Waals surface area (Å²) >= 11 is 0. The molecule has 0 amide bonds. The molecular weight excluding hydrogens is 198 g/mol. The Bertz CT molecular complexity index is 343. The fraction of sp³-hybridized carbons (Fsp3) is 0.571. The molecule has 1 fully saturated rings. The second-order valence-corrected chi connectivity index (χ2v) is 4.55. The fourth-order valence-electron chi connectivity index (χ4n) is 2.21. The Balaban J connectivity index is 1.93. The molecule has 1 aliphatic rings. The SMILES string of the molecule is CCc1cc(OCC2CCCN2)ccc1C. The van der Waals surface area contributed by atoms with Gasteiger partial charge < -0.3 is 10.1 Å². The highest BCUT2D eigenvalue weighted by atomic mass is 16.5. The van der Waals surface area contributed by atoms with Crippen LogP contribution < -0.4 is 10.1 Å². The van der Waals surface area contributed by atoms with Gasteiger partial charge in [0.05, 0.1) is 0 Å². The van der Waals surface area contributed by atoms with Crippen molar-refractivity contribution in [2.24, 2.45) is 0 Å². The normalized spacial score (nSPS) is 20.0. The highest BCUT2D eigenvalue weighted by Crippen LogP contribution is 2.18. The molecule has 1 aromatic rings. The molecule has 0 aliphatic carbocycles. The fourth-order valence-corrected chi connectivity index (χ4v) is 2.21. The van der Waals surface area contributed by atoms with Crippen molar-refractivity contribution in [1.29, 1.82) is 0 Å². The van der Waals surface area contributed by atoms with Crippen LogP contribution in [0.1, 0.15) is 30.9 Å². The van der Waals surface area contributed by atoms with Gasteiger partial charge in [-0.25, -0.2) is 0 Å². The average Bonchev–Trinajstić information content (AvgIpc) is 2.81. The molecule has 0 aromatic heterocycles. The first kappa shape index (κ1) is 11.5. The first-order valence-corrected chi connectivity index (χ1v) is 6.25. The van der Waals surface area contributed by atoms with Crippen LogP contribution in [0.2, 0.25) is 0 Å². The quantitative estimate of drug-likeness (QED) is 0.840. The number of rotatable bonds is 4. The first-order valence-electron chi connectivity index (χ1n) is 6.25. The molecule has 0 spiro atoms. The van der Waals surface area contributed by atoms with Crippen LogP contribution in [-0.4, -0.2) is 19.2 Å². The zero-order valence-electron chi connectivity index (χ0n) is 10.3. The molecular formula is C14H21NO. The van der Waals surface area contributed by atoms with E-state index in [1.165, 1.54) is 24.0 Å². The smallest absolute Gasteiger partial charge is 0.119 e. The molecule has 1 saturated heterocycles. The van der Waals surface area contributed by atoms with Crippen molar-refractivity contribution in [3.05, 3.63) is 29.3 Å². The zero-order valence-corrected chi connectivity index (χ0v) is 10.3. The van der Waals surface area contributed by atoms with Crippen LogP contribution in [0.5, 0.6) is 5.75 Å². The molecule has 1 heterocycles. The third-order valence-corrected chi connectivity index (χ3v) is 3.32. The maximum Gasteiger partial charge on any atom is 0.119 e. The highest BCUT2D eigenvalue weighted by Gasteiger charge is 2.14. The van der Waals surface area contributed by atoms with E-state index in [1.807, 2.05) is 0 Å². The highest BCUT2D eigenvalue weighted by molar-refractivity contribution is 5.34. The summed E-state index contributed by atoms with van der Waals surface area (Å²) in [4.78, 5) is 0. The van der Waals surface area contributed by atoms with E-state index >= 15 is 0 Å². The van der Waals surface area contributed by atoms with Crippen LogP contribution in [-0.2, 0) is 6.42 Å². The van der Waals surface area contributed by atoms with Crippen molar-refractivity contribution in [3.8, 4) is 5.75 Å². The van der Waals surface area contributed by atoms with Crippen molar-refractivity contribution in [2.45, 2.75) is 39.2 Å². The lowest BCUT2D eigenvalue weighted by Gasteiger charge is -2.13. The zero-order chi connectivity index (χ0) is 11.4. The van der Waals surface area contributed by atoms with E-state index in [-0.39, 0.29) is 0 Å². The van der Waals surface area contributed by atoms with Gasteiger partial charge in [0.1, 0.15) is 12.4 Å². The van der Waals surface area contributed by atoms with Crippen LogP contribution in [0.3, 0.4) is 0 Å². The van der Waals surface area contributed by atoms with Gasteiger partial charge in [0.15, 0.2) is 0 Å². The van der Waals surface area contributed by atoms with E-state index in [4.69, 9.17) is 4.74 Å². The Morgan fingerprint density at radius 3 is 3.00 bits per heavy atom. The van der Waals surface area contributed by atoms with Crippen LogP contribution in [0, 0.1) is 6.92 Å². The van der Waals surface area contributed by atoms with E-state index in [1.54, 1.807) is 0 Å². The van der Waals surface area contributed by atoms with Gasteiger partial charge in [-0.1, -0.05) is 13.0 Å². The summed E-state index contributed by atoms with van der Waals surface area (Å²) in [6.07, 6.45) is 3.60. The van der Waals surface area contributed by atoms with Gasteiger partial charge in [0.2, 0.25) is 0 Å². The summed E-state index contributed by atoms with van der Waals surface area (Å²) in [5.41, 5.74) is 2.74. The predicted octanol–water partition coefficient (Wildman–Crippen LogP) is 2.69. The Hall–Kier alpha value is -1.02. The largest absolute Gasteiger partial charge is 0.492 e. The molecule has 0 radical (unpaired) electrons. The number of ether oxygens (including phenoxy) is 1. The molecule has 88 valence electrons. The van der Waals surface area contributed by atoms with E-state index < -0.39 is 0 Å². The van der Waals surface area contributed by atoms with Gasteiger partial charge in [-0.3, -0.25) is 0 Å². The minimum absolute atomic E-state index is 0.548. The van der Waals surface area contributed by atoms with Gasteiger partial charge in [-0.2, -0.15) is 0 Å². The summed E-state index contributed by atoms with van der Waals surface area (Å²) in [5.74, 6) is 1.01. The summed E-state index contributed by atoms with van der Waals surface area (Å²) < 4.78 is 5.82. The average molecular weight is 219 g/mol. The molecule has 1 N–H and O–H groups in total. The minimum atomic E-state index is 0.548. The Morgan fingerprint density at radius 1 is 1.44 bits per heavy atom. The minimum Gasteiger partial charge on any atom is -0.492 e. The Labute approximate surface area is 98.0 Å². The molecule has 2 rings (SSSR count). The van der Waals surface area contributed by atoms with Gasteiger partial charge >= 0.3 is 0 Å². The molecule has 1 atom stereocenters. The maximum atomic E-state index is 5.82. The third-order valence-electron chi connectivity index (χ3n) is 3.32. The van der Waals surface area contributed by atoms with Crippen molar-refractivity contribution in [1.82, 2.24) is 5.32 Å². The Kier molecular flexibility index (Phi) is 3.83.